The van der Waals surface area contributed by atoms with Gasteiger partial charge in [0.25, 0.3) is 5.91 Å². The van der Waals surface area contributed by atoms with Crippen LogP contribution in [0.25, 0.3) is 0 Å². The third-order valence-electron chi connectivity index (χ3n) is 5.45. The molecule has 2 aliphatic heterocycles. The average molecular weight is 371 g/mol. The van der Waals surface area contributed by atoms with Gasteiger partial charge in [-0.15, -0.1) is 0 Å². The Hall–Kier alpha value is -2.71. The molecular formula is C18H25N7O2. The third-order valence-corrected chi connectivity index (χ3v) is 5.45. The van der Waals surface area contributed by atoms with E-state index in [4.69, 9.17) is 0 Å². The van der Waals surface area contributed by atoms with Crippen LogP contribution in [0.4, 0.5) is 5.82 Å². The molecule has 1 amide bonds. The fourth-order valence-electron chi connectivity index (χ4n) is 4.04. The first-order valence-electron chi connectivity index (χ1n) is 9.68. The van der Waals surface area contributed by atoms with Gasteiger partial charge >= 0.3 is 5.69 Å². The van der Waals surface area contributed by atoms with Crippen molar-refractivity contribution in [2.75, 3.05) is 31.1 Å². The van der Waals surface area contributed by atoms with Gasteiger partial charge in [0.05, 0.1) is 12.4 Å². The average Bonchev–Trinajstić information content (AvgIpc) is 3.37. The first-order valence-corrected chi connectivity index (χ1v) is 9.68. The van der Waals surface area contributed by atoms with Crippen molar-refractivity contribution < 1.29 is 4.79 Å². The number of hydrogen-bond donors (Lipinski definition) is 1. The zero-order chi connectivity index (χ0) is 18.8. The number of carbonyl (C=O) groups is 1. The molecule has 4 rings (SSSR count). The largest absolute Gasteiger partial charge is 0.355 e. The lowest BCUT2D eigenvalue weighted by Crippen LogP contribution is -2.37. The predicted molar refractivity (Wildman–Crippen MR) is 99.9 cm³/mol. The smallest absolute Gasteiger partial charge is 0.343 e. The number of hydrogen-bond acceptors (Lipinski definition) is 6. The summed E-state index contributed by atoms with van der Waals surface area (Å²) in [4.78, 5) is 37.3. The zero-order valence-electron chi connectivity index (χ0n) is 15.6. The molecule has 4 heterocycles. The molecule has 144 valence electrons. The number of likely N-dealkylation sites (tertiary alicyclic amines) is 1. The van der Waals surface area contributed by atoms with Gasteiger partial charge in [0.1, 0.15) is 17.3 Å². The second kappa shape index (κ2) is 7.50. The lowest BCUT2D eigenvalue weighted by molar-refractivity contribution is 0.0786. The first-order chi connectivity index (χ1) is 13.2. The Morgan fingerprint density at radius 3 is 2.81 bits per heavy atom. The van der Waals surface area contributed by atoms with E-state index in [1.165, 1.54) is 0 Å². The van der Waals surface area contributed by atoms with Crippen LogP contribution >= 0.6 is 0 Å². The van der Waals surface area contributed by atoms with E-state index < -0.39 is 0 Å². The Bertz CT molecular complexity index is 869. The van der Waals surface area contributed by atoms with Crippen LogP contribution in [0.1, 0.15) is 54.8 Å². The fourth-order valence-corrected chi connectivity index (χ4v) is 4.04. The Labute approximate surface area is 157 Å². The van der Waals surface area contributed by atoms with Crippen LogP contribution in [0.15, 0.2) is 17.2 Å². The summed E-state index contributed by atoms with van der Waals surface area (Å²) in [7, 11) is 0. The maximum absolute atomic E-state index is 12.6. The summed E-state index contributed by atoms with van der Waals surface area (Å²) < 4.78 is 1.69. The molecule has 0 unspecified atom stereocenters. The third kappa shape index (κ3) is 3.45. The number of rotatable bonds is 4. The summed E-state index contributed by atoms with van der Waals surface area (Å²) in [6.45, 7) is 5.70. The summed E-state index contributed by atoms with van der Waals surface area (Å²) in [5.41, 5.74) is 0.240. The van der Waals surface area contributed by atoms with Crippen LogP contribution in [0.2, 0.25) is 0 Å². The molecule has 2 aromatic rings. The Morgan fingerprint density at radius 2 is 2.04 bits per heavy atom. The lowest BCUT2D eigenvalue weighted by atomic mass is 9.97. The highest BCUT2D eigenvalue weighted by Gasteiger charge is 2.28. The van der Waals surface area contributed by atoms with Gasteiger partial charge in [0.2, 0.25) is 0 Å². The molecule has 9 nitrogen and oxygen atoms in total. The van der Waals surface area contributed by atoms with E-state index in [1.54, 1.807) is 17.0 Å². The minimum atomic E-state index is -0.164. The Balaban J connectivity index is 1.53. The molecule has 0 aliphatic carbocycles. The van der Waals surface area contributed by atoms with Crippen LogP contribution in [0.5, 0.6) is 0 Å². The first kappa shape index (κ1) is 17.7. The van der Waals surface area contributed by atoms with Crippen LogP contribution in [0, 0.1) is 0 Å². The number of aromatic amines is 1. The number of aromatic nitrogens is 5. The van der Waals surface area contributed by atoms with E-state index in [9.17, 15) is 9.59 Å². The fraction of sp³-hybridized carbons (Fsp3) is 0.611. The Morgan fingerprint density at radius 1 is 1.22 bits per heavy atom. The number of carbonyl (C=O) groups excluding carboxylic acids is 1. The second-order valence-electron chi connectivity index (χ2n) is 7.18. The maximum atomic E-state index is 12.6. The quantitative estimate of drug-likeness (QED) is 0.861. The number of piperidine rings is 1. The predicted octanol–water partition coefficient (Wildman–Crippen LogP) is 1.00. The van der Waals surface area contributed by atoms with E-state index in [0.29, 0.717) is 24.6 Å². The number of anilines is 1. The van der Waals surface area contributed by atoms with E-state index in [0.717, 1.165) is 51.1 Å². The highest BCUT2D eigenvalue weighted by molar-refractivity contribution is 5.92. The summed E-state index contributed by atoms with van der Waals surface area (Å²) in [6.07, 6.45) is 7.31. The molecule has 2 saturated heterocycles. The van der Waals surface area contributed by atoms with Crippen LogP contribution in [0.3, 0.4) is 0 Å². The summed E-state index contributed by atoms with van der Waals surface area (Å²) in [6, 6.07) is 0. The standard InChI is InChI=1S/C18H25N7O2/c1-2-25-16(21-22-18(25)27)13-6-5-9-24(12-13)15-11-19-10-14(20-15)17(26)23-7-3-4-8-23/h10-11,13H,2-9,12H2,1H3,(H,22,27)/t13-/m0/s1. The highest BCUT2D eigenvalue weighted by Crippen LogP contribution is 2.27. The molecule has 0 aromatic carbocycles. The summed E-state index contributed by atoms with van der Waals surface area (Å²) in [5.74, 6) is 1.62. The van der Waals surface area contributed by atoms with Gasteiger partial charge in [-0.25, -0.2) is 14.9 Å². The van der Waals surface area contributed by atoms with Crippen molar-refractivity contribution in [3.05, 3.63) is 34.4 Å². The number of nitrogens with one attached hydrogen (secondary N) is 1. The molecule has 9 heteroatoms. The van der Waals surface area contributed by atoms with Gasteiger partial charge in [-0.1, -0.05) is 0 Å². The lowest BCUT2D eigenvalue weighted by Gasteiger charge is -2.33. The topological polar surface area (TPSA) is 100 Å². The Kier molecular flexibility index (Phi) is 4.91. The minimum absolute atomic E-state index is 0.0393. The van der Waals surface area contributed by atoms with Crippen molar-refractivity contribution in [1.29, 1.82) is 0 Å². The molecule has 2 aromatic heterocycles. The maximum Gasteiger partial charge on any atom is 0.343 e. The number of nitrogens with zero attached hydrogens (tertiary/aromatic N) is 6. The SMILES string of the molecule is CCn1c([C@H]2CCCN(c3cncc(C(=O)N4CCCC4)n3)C2)n[nH]c1=O. The molecule has 27 heavy (non-hydrogen) atoms. The van der Waals surface area contributed by atoms with E-state index in [2.05, 4.69) is 25.1 Å². The molecule has 2 aliphatic rings. The van der Waals surface area contributed by atoms with Crippen molar-refractivity contribution >= 4 is 11.7 Å². The van der Waals surface area contributed by atoms with Gasteiger partial charge in [-0.05, 0) is 32.6 Å². The molecule has 0 saturated carbocycles. The molecule has 0 spiro atoms. The van der Waals surface area contributed by atoms with Crippen LogP contribution in [-0.4, -0.2) is 61.7 Å². The normalized spacial score (nSPS) is 20.3. The van der Waals surface area contributed by atoms with Gasteiger partial charge in [0, 0.05) is 38.6 Å². The summed E-state index contributed by atoms with van der Waals surface area (Å²) in [5, 5.41) is 6.79. The van der Waals surface area contributed by atoms with Crippen molar-refractivity contribution in [3.8, 4) is 0 Å². The van der Waals surface area contributed by atoms with Gasteiger partial charge < -0.3 is 9.80 Å². The summed E-state index contributed by atoms with van der Waals surface area (Å²) >= 11 is 0. The van der Waals surface area contributed by atoms with Crippen molar-refractivity contribution in [2.24, 2.45) is 0 Å². The van der Waals surface area contributed by atoms with E-state index in [1.807, 2.05) is 11.8 Å². The van der Waals surface area contributed by atoms with Gasteiger partial charge in [0.15, 0.2) is 0 Å². The molecule has 2 fully saturated rings. The van der Waals surface area contributed by atoms with Crippen molar-refractivity contribution in [1.82, 2.24) is 29.6 Å². The van der Waals surface area contributed by atoms with Crippen molar-refractivity contribution in [2.45, 2.75) is 45.1 Å². The van der Waals surface area contributed by atoms with E-state index in [-0.39, 0.29) is 17.5 Å². The number of amides is 1. The van der Waals surface area contributed by atoms with Gasteiger partial charge in [-0.2, -0.15) is 5.10 Å². The monoisotopic (exact) mass is 371 g/mol. The molecule has 1 atom stereocenters. The van der Waals surface area contributed by atoms with Crippen LogP contribution in [-0.2, 0) is 6.54 Å². The molecule has 0 bridgehead atoms. The van der Waals surface area contributed by atoms with Crippen molar-refractivity contribution in [3.63, 3.8) is 0 Å². The molecular weight excluding hydrogens is 346 g/mol. The van der Waals surface area contributed by atoms with Crippen LogP contribution < -0.4 is 10.6 Å². The molecule has 0 radical (unpaired) electrons. The minimum Gasteiger partial charge on any atom is -0.355 e. The van der Waals surface area contributed by atoms with Gasteiger partial charge in [-0.3, -0.25) is 14.3 Å². The molecule has 1 N–H and O–H groups in total. The zero-order valence-corrected chi connectivity index (χ0v) is 15.6. The number of H-pyrrole nitrogens is 1. The second-order valence-corrected chi connectivity index (χ2v) is 7.18. The van der Waals surface area contributed by atoms with E-state index >= 15 is 0 Å². The highest BCUT2D eigenvalue weighted by atomic mass is 16.2.